The van der Waals surface area contributed by atoms with E-state index in [9.17, 15) is 0 Å². The van der Waals surface area contributed by atoms with Gasteiger partial charge in [0.2, 0.25) is 0 Å². The molecule has 1 N–H and O–H groups in total. The Kier molecular flexibility index (Phi) is 4.02. The largest absolute Gasteiger partial charge is 0.371 e. The van der Waals surface area contributed by atoms with Gasteiger partial charge in [-0.2, -0.15) is 5.26 Å². The normalized spacial score (nSPS) is 25.3. The molecule has 0 aromatic carbocycles. The first-order valence-electron chi connectivity index (χ1n) is 8.62. The van der Waals surface area contributed by atoms with Crippen LogP contribution in [0.25, 0.3) is 0 Å². The van der Waals surface area contributed by atoms with Gasteiger partial charge in [-0.1, -0.05) is 12.1 Å². The molecule has 0 amide bonds. The summed E-state index contributed by atoms with van der Waals surface area (Å²) in [5.74, 6) is 1.76. The SMILES string of the molecule is Cc1cccc(N2CC[C@]3(C[C@H](Nc4cccc(C#N)n4)CO3)C2)n1. The first-order valence-corrected chi connectivity index (χ1v) is 8.62. The second-order valence-electron chi connectivity index (χ2n) is 6.87. The van der Waals surface area contributed by atoms with Gasteiger partial charge in [-0.05, 0) is 37.6 Å². The Morgan fingerprint density at radius 1 is 1.28 bits per heavy atom. The molecule has 0 aliphatic carbocycles. The van der Waals surface area contributed by atoms with Gasteiger partial charge in [-0.3, -0.25) is 0 Å². The van der Waals surface area contributed by atoms with Crippen LogP contribution in [0.1, 0.15) is 24.2 Å². The molecule has 1 spiro atoms. The molecule has 0 saturated carbocycles. The Balaban J connectivity index is 1.41. The quantitative estimate of drug-likeness (QED) is 0.929. The van der Waals surface area contributed by atoms with Crippen molar-refractivity contribution < 1.29 is 4.74 Å². The summed E-state index contributed by atoms with van der Waals surface area (Å²) in [6, 6.07) is 13.9. The molecule has 128 valence electrons. The van der Waals surface area contributed by atoms with Crippen molar-refractivity contribution >= 4 is 11.6 Å². The van der Waals surface area contributed by atoms with Crippen molar-refractivity contribution in [1.29, 1.82) is 5.26 Å². The van der Waals surface area contributed by atoms with Crippen LogP contribution < -0.4 is 10.2 Å². The van der Waals surface area contributed by atoms with Crippen LogP contribution in [-0.4, -0.2) is 41.3 Å². The fourth-order valence-electron chi connectivity index (χ4n) is 3.75. The third-order valence-electron chi connectivity index (χ3n) is 4.94. The Morgan fingerprint density at radius 2 is 2.16 bits per heavy atom. The second-order valence-corrected chi connectivity index (χ2v) is 6.87. The van der Waals surface area contributed by atoms with Crippen LogP contribution in [-0.2, 0) is 4.74 Å². The lowest BCUT2D eigenvalue weighted by Gasteiger charge is -2.24. The van der Waals surface area contributed by atoms with Gasteiger partial charge in [0.1, 0.15) is 23.4 Å². The summed E-state index contributed by atoms with van der Waals surface area (Å²) >= 11 is 0. The summed E-state index contributed by atoms with van der Waals surface area (Å²) in [5, 5.41) is 12.4. The Labute approximate surface area is 147 Å². The summed E-state index contributed by atoms with van der Waals surface area (Å²) in [7, 11) is 0. The highest BCUT2D eigenvalue weighted by molar-refractivity contribution is 5.43. The van der Waals surface area contributed by atoms with Crippen molar-refractivity contribution in [2.45, 2.75) is 31.4 Å². The maximum Gasteiger partial charge on any atom is 0.142 e. The van der Waals surface area contributed by atoms with Gasteiger partial charge in [-0.25, -0.2) is 9.97 Å². The van der Waals surface area contributed by atoms with Crippen LogP contribution in [0, 0.1) is 18.3 Å². The molecule has 4 heterocycles. The molecule has 4 rings (SSSR count). The molecule has 2 fully saturated rings. The molecule has 2 aliphatic heterocycles. The fraction of sp³-hybridized carbons (Fsp3) is 0.421. The van der Waals surface area contributed by atoms with E-state index in [2.05, 4.69) is 38.4 Å². The number of rotatable bonds is 3. The van der Waals surface area contributed by atoms with Crippen LogP contribution in [0.15, 0.2) is 36.4 Å². The number of nitrogens with one attached hydrogen (secondary N) is 1. The minimum Gasteiger partial charge on any atom is -0.371 e. The molecule has 6 nitrogen and oxygen atoms in total. The van der Waals surface area contributed by atoms with Crippen LogP contribution >= 0.6 is 0 Å². The van der Waals surface area contributed by atoms with E-state index in [-0.39, 0.29) is 11.6 Å². The first-order chi connectivity index (χ1) is 12.2. The molecule has 0 radical (unpaired) electrons. The molecule has 6 heteroatoms. The number of nitriles is 1. The molecule has 2 aromatic rings. The maximum absolute atomic E-state index is 8.97. The van der Waals surface area contributed by atoms with E-state index in [0.717, 1.165) is 43.3 Å². The van der Waals surface area contributed by atoms with E-state index in [4.69, 9.17) is 10.00 Å². The van der Waals surface area contributed by atoms with Crippen molar-refractivity contribution in [3.05, 3.63) is 47.8 Å². The van der Waals surface area contributed by atoms with E-state index in [1.807, 2.05) is 25.1 Å². The number of aromatic nitrogens is 2. The molecule has 0 bridgehead atoms. The fourth-order valence-corrected chi connectivity index (χ4v) is 3.75. The molecule has 2 saturated heterocycles. The zero-order valence-electron chi connectivity index (χ0n) is 14.3. The van der Waals surface area contributed by atoms with Gasteiger partial charge < -0.3 is 15.0 Å². The maximum atomic E-state index is 8.97. The summed E-state index contributed by atoms with van der Waals surface area (Å²) in [6.45, 7) is 4.51. The van der Waals surface area contributed by atoms with Crippen molar-refractivity contribution in [2.24, 2.45) is 0 Å². The van der Waals surface area contributed by atoms with E-state index in [1.165, 1.54) is 0 Å². The van der Waals surface area contributed by atoms with Crippen LogP contribution in [0.4, 0.5) is 11.6 Å². The Hall–Kier alpha value is -2.65. The number of pyridine rings is 2. The molecule has 2 atom stereocenters. The highest BCUT2D eigenvalue weighted by Gasteiger charge is 2.46. The van der Waals surface area contributed by atoms with E-state index in [0.29, 0.717) is 12.3 Å². The van der Waals surface area contributed by atoms with Crippen LogP contribution in [0.2, 0.25) is 0 Å². The number of hydrogen-bond donors (Lipinski definition) is 1. The van der Waals surface area contributed by atoms with Gasteiger partial charge in [0.05, 0.1) is 18.2 Å². The van der Waals surface area contributed by atoms with E-state index >= 15 is 0 Å². The minimum absolute atomic E-state index is 0.115. The highest BCUT2D eigenvalue weighted by atomic mass is 16.5. The molecular weight excluding hydrogens is 314 g/mol. The van der Waals surface area contributed by atoms with Gasteiger partial charge >= 0.3 is 0 Å². The zero-order chi connectivity index (χ0) is 17.3. The summed E-state index contributed by atoms with van der Waals surface area (Å²) in [6.07, 6.45) is 1.94. The van der Waals surface area contributed by atoms with Crippen molar-refractivity contribution in [1.82, 2.24) is 9.97 Å². The van der Waals surface area contributed by atoms with Gasteiger partial charge in [0.15, 0.2) is 0 Å². The first kappa shape index (κ1) is 15.9. The number of nitrogens with zero attached hydrogens (tertiary/aromatic N) is 4. The Bertz CT molecular complexity index is 817. The zero-order valence-corrected chi connectivity index (χ0v) is 14.3. The van der Waals surface area contributed by atoms with Gasteiger partial charge in [0.25, 0.3) is 0 Å². The van der Waals surface area contributed by atoms with E-state index in [1.54, 1.807) is 6.07 Å². The molecule has 2 aromatic heterocycles. The third kappa shape index (κ3) is 3.28. The summed E-state index contributed by atoms with van der Waals surface area (Å²) in [4.78, 5) is 11.2. The van der Waals surface area contributed by atoms with E-state index < -0.39 is 0 Å². The van der Waals surface area contributed by atoms with Crippen LogP contribution in [0.5, 0.6) is 0 Å². The lowest BCUT2D eigenvalue weighted by molar-refractivity contribution is 0.0228. The molecule has 0 unspecified atom stereocenters. The molecule has 25 heavy (non-hydrogen) atoms. The molecule has 2 aliphatic rings. The van der Waals surface area contributed by atoms with Crippen LogP contribution in [0.3, 0.4) is 0 Å². The lowest BCUT2D eigenvalue weighted by atomic mass is 9.97. The highest BCUT2D eigenvalue weighted by Crippen LogP contribution is 2.37. The van der Waals surface area contributed by atoms with Crippen molar-refractivity contribution in [2.75, 3.05) is 29.9 Å². The average molecular weight is 335 g/mol. The minimum atomic E-state index is -0.115. The van der Waals surface area contributed by atoms with Crippen molar-refractivity contribution in [3.8, 4) is 6.07 Å². The number of anilines is 2. The second kappa shape index (κ2) is 6.34. The Morgan fingerprint density at radius 3 is 3.00 bits per heavy atom. The van der Waals surface area contributed by atoms with Gasteiger partial charge in [-0.15, -0.1) is 0 Å². The number of ether oxygens (including phenoxy) is 1. The third-order valence-corrected chi connectivity index (χ3v) is 4.94. The lowest BCUT2D eigenvalue weighted by Crippen LogP contribution is -2.34. The number of aryl methyl sites for hydroxylation is 1. The topological polar surface area (TPSA) is 74.1 Å². The number of hydrogen-bond acceptors (Lipinski definition) is 6. The standard InChI is InChI=1S/C19H21N5O/c1-14-4-2-7-18(21-14)24-9-8-19(13-24)10-16(12-25-19)23-17-6-3-5-15(11-20)22-17/h2-7,16H,8-10,12-13H2,1H3,(H,22,23)/t16-,19-/m0/s1. The average Bonchev–Trinajstić information content (AvgIpc) is 3.22. The monoisotopic (exact) mass is 335 g/mol. The predicted molar refractivity (Wildman–Crippen MR) is 95.5 cm³/mol. The summed E-state index contributed by atoms with van der Waals surface area (Å²) < 4.78 is 6.20. The van der Waals surface area contributed by atoms with Crippen molar-refractivity contribution in [3.63, 3.8) is 0 Å². The smallest absolute Gasteiger partial charge is 0.142 e. The molecular formula is C19H21N5O. The predicted octanol–water partition coefficient (Wildman–Crippen LogP) is 2.51. The summed E-state index contributed by atoms with van der Waals surface area (Å²) in [5.41, 5.74) is 1.35. The van der Waals surface area contributed by atoms with Gasteiger partial charge in [0, 0.05) is 25.2 Å².